The van der Waals surface area contributed by atoms with Crippen molar-refractivity contribution in [3.8, 4) is 0 Å². The second-order valence-corrected chi connectivity index (χ2v) is 4.32. The van der Waals surface area contributed by atoms with Crippen LogP contribution in [0.15, 0.2) is 10.9 Å². The van der Waals surface area contributed by atoms with E-state index in [9.17, 15) is 9.59 Å². The molecule has 0 aliphatic rings. The van der Waals surface area contributed by atoms with Crippen LogP contribution in [-0.4, -0.2) is 27.8 Å². The molecule has 1 aromatic rings. The molecule has 0 unspecified atom stereocenters. The molecule has 0 aliphatic carbocycles. The molecule has 0 radical (unpaired) electrons. The second kappa shape index (κ2) is 5.77. The molecule has 0 aromatic carbocycles. The zero-order valence-corrected chi connectivity index (χ0v) is 9.60. The van der Waals surface area contributed by atoms with Gasteiger partial charge in [-0.25, -0.2) is 0 Å². The van der Waals surface area contributed by atoms with Gasteiger partial charge < -0.3 is 4.74 Å². The summed E-state index contributed by atoms with van der Waals surface area (Å²) in [4.78, 5) is 22.0. The molecule has 15 heavy (non-hydrogen) atoms. The fourth-order valence-electron chi connectivity index (χ4n) is 1.16. The molecule has 0 fully saturated rings. The zero-order valence-electron chi connectivity index (χ0n) is 8.78. The summed E-state index contributed by atoms with van der Waals surface area (Å²) in [5.41, 5.74) is 0.654. The van der Waals surface area contributed by atoms with Crippen LogP contribution in [0.4, 0.5) is 0 Å². The molecule has 5 nitrogen and oxygen atoms in total. The van der Waals surface area contributed by atoms with Crippen LogP contribution in [0.25, 0.3) is 0 Å². The van der Waals surface area contributed by atoms with Crippen LogP contribution in [0.5, 0.6) is 0 Å². The molecule has 0 amide bonds. The van der Waals surface area contributed by atoms with E-state index in [-0.39, 0.29) is 10.7 Å². The van der Waals surface area contributed by atoms with Crippen molar-refractivity contribution in [2.24, 2.45) is 0 Å². The maximum atomic E-state index is 11.4. The first kappa shape index (κ1) is 12.1. The Kier molecular flexibility index (Phi) is 4.64. The van der Waals surface area contributed by atoms with E-state index in [1.54, 1.807) is 7.11 Å². The Morgan fingerprint density at radius 2 is 2.40 bits per heavy atom. The highest BCUT2D eigenvalue weighted by Crippen LogP contribution is 2.01. The van der Waals surface area contributed by atoms with Crippen LogP contribution < -0.4 is 5.56 Å². The van der Waals surface area contributed by atoms with Gasteiger partial charge in [-0.2, -0.15) is 0 Å². The largest absolute Gasteiger partial charge is 0.378 e. The Hall–Kier alpha value is -1.01. The minimum Gasteiger partial charge on any atom is -0.378 e. The van der Waals surface area contributed by atoms with E-state index in [1.807, 2.05) is 0 Å². The fraction of sp³-hybridized carbons (Fsp3) is 0.556. The number of aryl methyl sites for hydroxylation is 1. The number of thioether (sulfide) groups is 1. The molecule has 1 rings (SSSR count). The number of methoxy groups -OCH3 is 1. The Balaban J connectivity index is 2.53. The topological polar surface area (TPSA) is 64.1 Å². The van der Waals surface area contributed by atoms with Crippen LogP contribution in [-0.2, 0) is 22.7 Å². The summed E-state index contributed by atoms with van der Waals surface area (Å²) in [7, 11) is 1.57. The van der Waals surface area contributed by atoms with Gasteiger partial charge >= 0.3 is 0 Å². The van der Waals surface area contributed by atoms with E-state index in [4.69, 9.17) is 4.74 Å². The van der Waals surface area contributed by atoms with E-state index in [2.05, 4.69) is 5.10 Å². The summed E-state index contributed by atoms with van der Waals surface area (Å²) in [5.74, 6) is 0.599. The first-order chi connectivity index (χ1) is 7.13. The summed E-state index contributed by atoms with van der Waals surface area (Å²) < 4.78 is 6.37. The van der Waals surface area contributed by atoms with Crippen molar-refractivity contribution in [2.45, 2.75) is 20.1 Å². The number of hydrogen-bond acceptors (Lipinski definition) is 4. The molecule has 84 valence electrons. The number of rotatable bonds is 5. The van der Waals surface area contributed by atoms with Gasteiger partial charge in [0.15, 0.2) is 5.12 Å². The zero-order chi connectivity index (χ0) is 11.3. The normalized spacial score (nSPS) is 10.5. The van der Waals surface area contributed by atoms with Gasteiger partial charge in [-0.15, -0.1) is 0 Å². The SMILES string of the molecule is COCc1cc(=O)n(CCSC(C)=O)[nH]1. The quantitative estimate of drug-likeness (QED) is 0.804. The van der Waals surface area contributed by atoms with Gasteiger partial charge in [0.2, 0.25) is 0 Å². The third kappa shape index (κ3) is 3.93. The van der Waals surface area contributed by atoms with Gasteiger partial charge in [-0.3, -0.25) is 19.4 Å². The predicted molar refractivity (Wildman–Crippen MR) is 58.9 cm³/mol. The third-order valence-electron chi connectivity index (χ3n) is 1.76. The van der Waals surface area contributed by atoms with E-state index < -0.39 is 0 Å². The Labute approximate surface area is 91.8 Å². The lowest BCUT2D eigenvalue weighted by atomic mass is 10.5. The van der Waals surface area contributed by atoms with Crippen LogP contribution in [0.3, 0.4) is 0 Å². The highest BCUT2D eigenvalue weighted by molar-refractivity contribution is 8.13. The number of nitrogens with zero attached hydrogens (tertiary/aromatic N) is 1. The molecule has 0 spiro atoms. The summed E-state index contributed by atoms with van der Waals surface area (Å²) in [6.45, 7) is 2.41. The molecule has 0 bridgehead atoms. The smallest absolute Gasteiger partial charge is 0.266 e. The van der Waals surface area contributed by atoms with Crippen LogP contribution in [0.2, 0.25) is 0 Å². The standard InChI is InChI=1S/C9H14N2O3S/c1-7(12)15-4-3-11-9(13)5-8(10-11)6-14-2/h5,10H,3-4,6H2,1-2H3. The molecule has 6 heteroatoms. The first-order valence-electron chi connectivity index (χ1n) is 4.54. The molecule has 0 aliphatic heterocycles. The highest BCUT2D eigenvalue weighted by atomic mass is 32.2. The number of aromatic nitrogens is 2. The van der Waals surface area contributed by atoms with E-state index in [1.165, 1.54) is 29.4 Å². The van der Waals surface area contributed by atoms with Crippen LogP contribution in [0.1, 0.15) is 12.6 Å². The third-order valence-corrected chi connectivity index (χ3v) is 2.56. The van der Waals surface area contributed by atoms with E-state index >= 15 is 0 Å². The van der Waals surface area contributed by atoms with Gasteiger partial charge in [0.05, 0.1) is 18.8 Å². The predicted octanol–water partition coefficient (Wildman–Crippen LogP) is 0.602. The average molecular weight is 230 g/mol. The van der Waals surface area contributed by atoms with Crippen molar-refractivity contribution in [1.29, 1.82) is 0 Å². The Morgan fingerprint density at radius 3 is 3.00 bits per heavy atom. The van der Waals surface area contributed by atoms with Gasteiger partial charge in [0.1, 0.15) is 0 Å². The highest BCUT2D eigenvalue weighted by Gasteiger charge is 2.02. The summed E-state index contributed by atoms with van der Waals surface area (Å²) in [6, 6.07) is 1.50. The number of nitrogens with one attached hydrogen (secondary N) is 1. The van der Waals surface area contributed by atoms with Gasteiger partial charge in [-0.1, -0.05) is 11.8 Å². The lowest BCUT2D eigenvalue weighted by Crippen LogP contribution is -2.17. The minimum atomic E-state index is -0.0915. The van der Waals surface area contributed by atoms with Crippen molar-refractivity contribution in [1.82, 2.24) is 9.78 Å². The molecular formula is C9H14N2O3S. The monoisotopic (exact) mass is 230 g/mol. The Bertz CT molecular complexity index is 383. The number of aromatic amines is 1. The molecular weight excluding hydrogens is 216 g/mol. The van der Waals surface area contributed by atoms with Crippen molar-refractivity contribution in [3.63, 3.8) is 0 Å². The number of hydrogen-bond donors (Lipinski definition) is 1. The minimum absolute atomic E-state index is 0.0618. The van der Waals surface area contributed by atoms with Crippen molar-refractivity contribution >= 4 is 16.9 Å². The lowest BCUT2D eigenvalue weighted by Gasteiger charge is -2.00. The first-order valence-corrected chi connectivity index (χ1v) is 5.53. The van der Waals surface area contributed by atoms with Gasteiger partial charge in [0, 0.05) is 25.9 Å². The van der Waals surface area contributed by atoms with Crippen molar-refractivity contribution < 1.29 is 9.53 Å². The number of carbonyl (C=O) groups excluding carboxylic acids is 1. The number of H-pyrrole nitrogens is 1. The average Bonchev–Trinajstić information content (AvgIpc) is 2.47. The second-order valence-electron chi connectivity index (χ2n) is 3.04. The van der Waals surface area contributed by atoms with Crippen LogP contribution in [0, 0.1) is 0 Å². The number of ether oxygens (including phenoxy) is 1. The Morgan fingerprint density at radius 1 is 1.67 bits per heavy atom. The van der Waals surface area contributed by atoms with E-state index in [0.29, 0.717) is 18.9 Å². The van der Waals surface area contributed by atoms with Gasteiger partial charge in [-0.05, 0) is 0 Å². The van der Waals surface area contributed by atoms with E-state index in [0.717, 1.165) is 5.69 Å². The molecule has 1 heterocycles. The molecule has 0 saturated heterocycles. The summed E-state index contributed by atoms with van der Waals surface area (Å²) >= 11 is 1.21. The fourth-order valence-corrected chi connectivity index (χ4v) is 1.73. The lowest BCUT2D eigenvalue weighted by molar-refractivity contribution is -0.109. The van der Waals surface area contributed by atoms with Crippen LogP contribution >= 0.6 is 11.8 Å². The summed E-state index contributed by atoms with van der Waals surface area (Å²) in [6.07, 6.45) is 0. The maximum Gasteiger partial charge on any atom is 0.266 e. The van der Waals surface area contributed by atoms with Crippen molar-refractivity contribution in [2.75, 3.05) is 12.9 Å². The van der Waals surface area contributed by atoms with Gasteiger partial charge in [0.25, 0.3) is 5.56 Å². The summed E-state index contributed by atoms with van der Waals surface area (Å²) in [5, 5.41) is 2.97. The molecule has 1 aromatic heterocycles. The maximum absolute atomic E-state index is 11.4. The number of carbonyl (C=O) groups is 1. The molecule has 0 atom stereocenters. The van der Waals surface area contributed by atoms with Crippen molar-refractivity contribution in [3.05, 3.63) is 22.1 Å². The molecule has 1 N–H and O–H groups in total. The molecule has 0 saturated carbocycles.